The van der Waals surface area contributed by atoms with Gasteiger partial charge in [-0.2, -0.15) is 11.8 Å². The molecule has 0 heterocycles. The Morgan fingerprint density at radius 3 is 2.55 bits per heavy atom. The molecule has 0 unspecified atom stereocenters. The fourth-order valence-corrected chi connectivity index (χ4v) is 1.92. The molecule has 0 atom stereocenters. The van der Waals surface area contributed by atoms with Crippen LogP contribution in [-0.4, -0.2) is 43.0 Å². The molecule has 1 aromatic carbocycles. The molecule has 1 aromatic rings. The second kappa shape index (κ2) is 11.2. The van der Waals surface area contributed by atoms with Gasteiger partial charge in [0.1, 0.15) is 5.82 Å². The number of hydrogen-bond donors (Lipinski definition) is 1. The number of hydrogen-bond acceptors (Lipinski definition) is 2. The number of nitrogens with zero attached hydrogens (tertiary/aromatic N) is 2. The molecule has 0 fully saturated rings. The number of aliphatic imine (C=N–C) groups is 1. The number of halogens is 2. The van der Waals surface area contributed by atoms with Gasteiger partial charge in [-0.1, -0.05) is 12.1 Å². The largest absolute Gasteiger partial charge is 0.357 e. The smallest absolute Gasteiger partial charge is 0.193 e. The van der Waals surface area contributed by atoms with Crippen LogP contribution in [0.2, 0.25) is 0 Å². The molecule has 3 nitrogen and oxygen atoms in total. The molecule has 1 rings (SSSR count). The predicted molar refractivity (Wildman–Crippen MR) is 97.6 cm³/mol. The second-order valence-corrected chi connectivity index (χ2v) is 5.20. The molecule has 0 aliphatic rings. The van der Waals surface area contributed by atoms with Gasteiger partial charge in [0, 0.05) is 25.9 Å². The highest BCUT2D eigenvalue weighted by Gasteiger charge is 2.06. The highest BCUT2D eigenvalue weighted by atomic mass is 127. The van der Waals surface area contributed by atoms with Crippen LogP contribution in [0.15, 0.2) is 29.3 Å². The highest BCUT2D eigenvalue weighted by molar-refractivity contribution is 14.0. The zero-order valence-corrected chi connectivity index (χ0v) is 15.4. The summed E-state index contributed by atoms with van der Waals surface area (Å²) in [5.41, 5.74) is 1.07. The molecule has 20 heavy (non-hydrogen) atoms. The normalized spacial score (nSPS) is 10.9. The Balaban J connectivity index is 0.00000361. The first-order valence-corrected chi connectivity index (χ1v) is 7.79. The standard InChI is InChI=1S/C14H22FN3S.HI/c1-4-16-14(17-9-10-19-3)18(2)11-12-5-7-13(15)8-6-12;/h5-8H,4,9-11H2,1-3H3,(H,16,17);1H. The zero-order chi connectivity index (χ0) is 14.1. The summed E-state index contributed by atoms with van der Waals surface area (Å²) in [7, 11) is 1.99. The van der Waals surface area contributed by atoms with Crippen molar-refractivity contribution in [2.75, 3.05) is 32.1 Å². The molecule has 0 radical (unpaired) electrons. The van der Waals surface area contributed by atoms with Crippen molar-refractivity contribution in [3.8, 4) is 0 Å². The van der Waals surface area contributed by atoms with E-state index in [0.29, 0.717) is 6.54 Å². The van der Waals surface area contributed by atoms with E-state index < -0.39 is 0 Å². The van der Waals surface area contributed by atoms with E-state index >= 15 is 0 Å². The number of thioether (sulfide) groups is 1. The maximum atomic E-state index is 12.9. The van der Waals surface area contributed by atoms with E-state index in [4.69, 9.17) is 0 Å². The van der Waals surface area contributed by atoms with E-state index in [1.54, 1.807) is 23.9 Å². The molecular formula is C14H23FIN3S. The third kappa shape index (κ3) is 7.33. The first kappa shape index (κ1) is 19.5. The van der Waals surface area contributed by atoms with Crippen molar-refractivity contribution >= 4 is 41.7 Å². The van der Waals surface area contributed by atoms with Crippen molar-refractivity contribution in [3.63, 3.8) is 0 Å². The average Bonchev–Trinajstić information content (AvgIpc) is 2.40. The van der Waals surface area contributed by atoms with Crippen LogP contribution in [0.3, 0.4) is 0 Å². The number of nitrogens with one attached hydrogen (secondary N) is 1. The Kier molecular flexibility index (Phi) is 10.9. The van der Waals surface area contributed by atoms with Gasteiger partial charge in [0.2, 0.25) is 0 Å². The van der Waals surface area contributed by atoms with Gasteiger partial charge in [0.15, 0.2) is 5.96 Å². The van der Waals surface area contributed by atoms with Crippen LogP contribution < -0.4 is 5.32 Å². The molecule has 6 heteroatoms. The van der Waals surface area contributed by atoms with E-state index in [-0.39, 0.29) is 29.8 Å². The summed E-state index contributed by atoms with van der Waals surface area (Å²) >= 11 is 1.78. The molecule has 114 valence electrons. The quantitative estimate of drug-likeness (QED) is 0.337. The lowest BCUT2D eigenvalue weighted by atomic mass is 10.2. The van der Waals surface area contributed by atoms with Gasteiger partial charge < -0.3 is 10.2 Å². The van der Waals surface area contributed by atoms with Gasteiger partial charge in [0.25, 0.3) is 0 Å². The molecule has 0 saturated heterocycles. The van der Waals surface area contributed by atoms with Crippen LogP contribution in [0.1, 0.15) is 12.5 Å². The maximum Gasteiger partial charge on any atom is 0.193 e. The lowest BCUT2D eigenvalue weighted by Gasteiger charge is -2.22. The molecule has 0 aliphatic heterocycles. The summed E-state index contributed by atoms with van der Waals surface area (Å²) in [6.07, 6.45) is 2.07. The van der Waals surface area contributed by atoms with E-state index in [0.717, 1.165) is 30.4 Å². The Hall–Kier alpha value is -0.500. The topological polar surface area (TPSA) is 27.6 Å². The van der Waals surface area contributed by atoms with E-state index in [9.17, 15) is 4.39 Å². The van der Waals surface area contributed by atoms with E-state index in [2.05, 4.69) is 28.4 Å². The molecule has 0 bridgehead atoms. The fraction of sp³-hybridized carbons (Fsp3) is 0.500. The van der Waals surface area contributed by atoms with E-state index in [1.807, 2.05) is 7.05 Å². The number of rotatable bonds is 6. The van der Waals surface area contributed by atoms with Crippen LogP contribution in [0.4, 0.5) is 4.39 Å². The summed E-state index contributed by atoms with van der Waals surface area (Å²) in [6, 6.07) is 6.58. The Morgan fingerprint density at radius 2 is 2.00 bits per heavy atom. The molecule has 0 aliphatic carbocycles. The van der Waals surface area contributed by atoms with Crippen LogP contribution in [0.5, 0.6) is 0 Å². The SMILES string of the molecule is CCNC(=NCCSC)N(C)Cc1ccc(F)cc1.I. The van der Waals surface area contributed by atoms with Crippen LogP contribution in [0.25, 0.3) is 0 Å². The average molecular weight is 411 g/mol. The molecule has 1 N–H and O–H groups in total. The third-order valence-corrected chi connectivity index (χ3v) is 3.18. The van der Waals surface area contributed by atoms with Crippen molar-refractivity contribution < 1.29 is 4.39 Å². The van der Waals surface area contributed by atoms with Gasteiger partial charge in [-0.15, -0.1) is 24.0 Å². The van der Waals surface area contributed by atoms with Crippen molar-refractivity contribution in [1.82, 2.24) is 10.2 Å². The van der Waals surface area contributed by atoms with Crippen LogP contribution >= 0.6 is 35.7 Å². The van der Waals surface area contributed by atoms with Crippen molar-refractivity contribution in [2.45, 2.75) is 13.5 Å². The summed E-state index contributed by atoms with van der Waals surface area (Å²) in [5.74, 6) is 1.70. The van der Waals surface area contributed by atoms with Gasteiger partial charge >= 0.3 is 0 Å². The summed E-state index contributed by atoms with van der Waals surface area (Å²) in [4.78, 5) is 6.61. The van der Waals surface area contributed by atoms with Gasteiger partial charge in [-0.25, -0.2) is 4.39 Å². The third-order valence-electron chi connectivity index (χ3n) is 2.59. The Labute approximate surface area is 142 Å². The molecule has 0 amide bonds. The summed E-state index contributed by atoms with van der Waals surface area (Å²) < 4.78 is 12.9. The number of guanidine groups is 1. The second-order valence-electron chi connectivity index (χ2n) is 4.21. The van der Waals surface area contributed by atoms with E-state index in [1.165, 1.54) is 12.1 Å². The molecule has 0 saturated carbocycles. The molecular weight excluding hydrogens is 388 g/mol. The van der Waals surface area contributed by atoms with Crippen molar-refractivity contribution in [3.05, 3.63) is 35.6 Å². The number of benzene rings is 1. The molecule has 0 spiro atoms. The lowest BCUT2D eigenvalue weighted by Crippen LogP contribution is -2.38. The highest BCUT2D eigenvalue weighted by Crippen LogP contribution is 2.05. The van der Waals surface area contributed by atoms with Crippen LogP contribution in [0, 0.1) is 5.82 Å². The van der Waals surface area contributed by atoms with Crippen LogP contribution in [-0.2, 0) is 6.54 Å². The van der Waals surface area contributed by atoms with Gasteiger partial charge in [0.05, 0.1) is 6.54 Å². The summed E-state index contributed by atoms with van der Waals surface area (Å²) in [6.45, 7) is 4.41. The fourth-order valence-electron chi connectivity index (χ4n) is 1.65. The van der Waals surface area contributed by atoms with Crippen molar-refractivity contribution in [1.29, 1.82) is 0 Å². The summed E-state index contributed by atoms with van der Waals surface area (Å²) in [5, 5.41) is 3.27. The predicted octanol–water partition coefficient (Wildman–Crippen LogP) is 3.20. The van der Waals surface area contributed by atoms with Crippen molar-refractivity contribution in [2.24, 2.45) is 4.99 Å². The minimum absolute atomic E-state index is 0. The molecule has 0 aromatic heterocycles. The van der Waals surface area contributed by atoms with Gasteiger partial charge in [-0.05, 0) is 30.9 Å². The Morgan fingerprint density at radius 1 is 1.35 bits per heavy atom. The first-order valence-electron chi connectivity index (χ1n) is 6.40. The zero-order valence-electron chi connectivity index (χ0n) is 12.2. The maximum absolute atomic E-state index is 12.9. The first-order chi connectivity index (χ1) is 9.17. The minimum Gasteiger partial charge on any atom is -0.357 e. The Bertz CT molecular complexity index is 398. The monoisotopic (exact) mass is 411 g/mol. The lowest BCUT2D eigenvalue weighted by molar-refractivity contribution is 0.477. The van der Waals surface area contributed by atoms with Gasteiger partial charge in [-0.3, -0.25) is 4.99 Å². The minimum atomic E-state index is -0.202.